The number of nitrogens with one attached hydrogen (secondary N) is 1. The molecule has 1 N–H and O–H groups in total. The Bertz CT molecular complexity index is 879. The Labute approximate surface area is 165 Å². The Morgan fingerprint density at radius 3 is 2.36 bits per heavy atom. The van der Waals surface area contributed by atoms with Crippen molar-refractivity contribution in [3.8, 4) is 5.75 Å². The lowest BCUT2D eigenvalue weighted by molar-refractivity contribution is -0.122. The number of sulfonamides is 1. The van der Waals surface area contributed by atoms with Gasteiger partial charge in [-0.15, -0.1) is 0 Å². The Hall–Kier alpha value is -2.42. The predicted molar refractivity (Wildman–Crippen MR) is 106 cm³/mol. The summed E-state index contributed by atoms with van der Waals surface area (Å²) in [4.78, 5) is 12.7. The number of benzene rings is 2. The van der Waals surface area contributed by atoms with Gasteiger partial charge in [-0.25, -0.2) is 8.42 Å². The van der Waals surface area contributed by atoms with Crippen LogP contribution in [-0.2, 0) is 19.6 Å². The number of rotatable bonds is 7. The molecule has 7 nitrogen and oxygen atoms in total. The largest absolute Gasteiger partial charge is 0.481 e. The van der Waals surface area contributed by atoms with Crippen LogP contribution in [0.2, 0.25) is 0 Å². The maximum Gasteiger partial charge on any atom is 0.265 e. The molecule has 1 saturated heterocycles. The first-order chi connectivity index (χ1) is 13.5. The van der Waals surface area contributed by atoms with Crippen molar-refractivity contribution >= 4 is 21.6 Å². The van der Waals surface area contributed by atoms with Crippen molar-refractivity contribution in [3.05, 3.63) is 54.6 Å². The lowest BCUT2D eigenvalue weighted by atomic mass is 10.2. The van der Waals surface area contributed by atoms with Gasteiger partial charge in [-0.3, -0.25) is 4.79 Å². The number of ether oxygens (including phenoxy) is 2. The van der Waals surface area contributed by atoms with E-state index in [9.17, 15) is 13.2 Å². The standard InChI is InChI=1S/C20H24N2O5S/c1-2-19(27-17-6-4-3-5-7-17)20(23)21-16-8-10-18(11-9-16)28(24,25)22-12-14-26-15-13-22/h3-11,19H,2,12-15H2,1H3,(H,21,23)/t19-/m0/s1. The molecular formula is C20H24N2O5S. The number of hydrogen-bond acceptors (Lipinski definition) is 5. The van der Waals surface area contributed by atoms with Crippen molar-refractivity contribution in [3.63, 3.8) is 0 Å². The molecule has 3 rings (SSSR count). The summed E-state index contributed by atoms with van der Waals surface area (Å²) < 4.78 is 37.6. The molecule has 0 saturated carbocycles. The molecule has 0 unspecified atom stereocenters. The quantitative estimate of drug-likeness (QED) is 0.766. The lowest BCUT2D eigenvalue weighted by Crippen LogP contribution is -2.40. The van der Waals surface area contributed by atoms with Crippen LogP contribution in [0.1, 0.15) is 13.3 Å². The van der Waals surface area contributed by atoms with Crippen LogP contribution in [0.5, 0.6) is 5.75 Å². The van der Waals surface area contributed by atoms with Crippen molar-refractivity contribution < 1.29 is 22.7 Å². The zero-order valence-electron chi connectivity index (χ0n) is 15.7. The van der Waals surface area contributed by atoms with Gasteiger partial charge in [0.2, 0.25) is 10.0 Å². The third kappa shape index (κ3) is 4.89. The topological polar surface area (TPSA) is 84.9 Å². The van der Waals surface area contributed by atoms with E-state index < -0.39 is 16.1 Å². The van der Waals surface area contributed by atoms with Crippen LogP contribution in [-0.4, -0.2) is 51.0 Å². The van der Waals surface area contributed by atoms with Crippen molar-refractivity contribution in [1.29, 1.82) is 0 Å². The van der Waals surface area contributed by atoms with Crippen LogP contribution in [0.25, 0.3) is 0 Å². The highest BCUT2D eigenvalue weighted by molar-refractivity contribution is 7.89. The molecule has 8 heteroatoms. The molecule has 0 bridgehead atoms. The van der Waals surface area contributed by atoms with Gasteiger partial charge in [0.1, 0.15) is 5.75 Å². The maximum absolute atomic E-state index is 12.6. The van der Waals surface area contributed by atoms with E-state index in [0.29, 0.717) is 44.2 Å². The molecule has 150 valence electrons. The van der Waals surface area contributed by atoms with Gasteiger partial charge in [0.15, 0.2) is 6.10 Å². The van der Waals surface area contributed by atoms with Gasteiger partial charge in [0.25, 0.3) is 5.91 Å². The Kier molecular flexibility index (Phi) is 6.66. The number of hydrogen-bond donors (Lipinski definition) is 1. The molecule has 0 aromatic heterocycles. The number of morpholine rings is 1. The van der Waals surface area contributed by atoms with E-state index in [2.05, 4.69) is 5.32 Å². The highest BCUT2D eigenvalue weighted by Gasteiger charge is 2.26. The number of anilines is 1. The Morgan fingerprint density at radius 2 is 1.75 bits per heavy atom. The molecule has 1 fully saturated rings. The summed E-state index contributed by atoms with van der Waals surface area (Å²) in [5, 5.41) is 2.78. The fraction of sp³-hybridized carbons (Fsp3) is 0.350. The van der Waals surface area contributed by atoms with Crippen LogP contribution in [0.15, 0.2) is 59.5 Å². The van der Waals surface area contributed by atoms with E-state index in [1.165, 1.54) is 16.4 Å². The average Bonchev–Trinajstić information content (AvgIpc) is 2.73. The minimum absolute atomic E-state index is 0.194. The van der Waals surface area contributed by atoms with Crippen LogP contribution < -0.4 is 10.1 Å². The molecule has 2 aromatic rings. The van der Waals surface area contributed by atoms with Crippen LogP contribution in [0, 0.1) is 0 Å². The first-order valence-electron chi connectivity index (χ1n) is 9.21. The summed E-state index contributed by atoms with van der Waals surface area (Å²) in [7, 11) is -3.55. The third-order valence-electron chi connectivity index (χ3n) is 4.41. The van der Waals surface area contributed by atoms with Crippen LogP contribution >= 0.6 is 0 Å². The predicted octanol–water partition coefficient (Wildman–Crippen LogP) is 2.50. The van der Waals surface area contributed by atoms with E-state index in [1.54, 1.807) is 24.3 Å². The second-order valence-electron chi connectivity index (χ2n) is 6.36. The minimum atomic E-state index is -3.55. The fourth-order valence-corrected chi connectivity index (χ4v) is 4.26. The number of para-hydroxylation sites is 1. The zero-order chi connectivity index (χ0) is 20.0. The molecule has 2 aromatic carbocycles. The first-order valence-corrected chi connectivity index (χ1v) is 10.6. The molecule has 1 atom stereocenters. The van der Waals surface area contributed by atoms with E-state index in [-0.39, 0.29) is 10.8 Å². The third-order valence-corrected chi connectivity index (χ3v) is 6.33. The summed E-state index contributed by atoms with van der Waals surface area (Å²) in [6.07, 6.45) is -0.135. The lowest BCUT2D eigenvalue weighted by Gasteiger charge is -2.26. The SMILES string of the molecule is CC[C@H](Oc1ccccc1)C(=O)Nc1ccc(S(=O)(=O)N2CCOCC2)cc1. The Morgan fingerprint density at radius 1 is 1.11 bits per heavy atom. The molecule has 1 aliphatic heterocycles. The molecule has 1 heterocycles. The van der Waals surface area contributed by atoms with Crippen molar-refractivity contribution in [2.45, 2.75) is 24.3 Å². The van der Waals surface area contributed by atoms with Gasteiger partial charge in [0, 0.05) is 18.8 Å². The second kappa shape index (κ2) is 9.18. The summed E-state index contributed by atoms with van der Waals surface area (Å²) in [5.74, 6) is 0.339. The van der Waals surface area contributed by atoms with Crippen LogP contribution in [0.3, 0.4) is 0 Å². The monoisotopic (exact) mass is 404 g/mol. The molecule has 1 amide bonds. The molecule has 0 spiro atoms. The molecule has 0 radical (unpaired) electrons. The smallest absolute Gasteiger partial charge is 0.265 e. The van der Waals surface area contributed by atoms with E-state index in [4.69, 9.17) is 9.47 Å². The second-order valence-corrected chi connectivity index (χ2v) is 8.30. The number of carbonyl (C=O) groups excluding carboxylic acids is 1. The van der Waals surface area contributed by atoms with Gasteiger partial charge in [0.05, 0.1) is 18.1 Å². The molecule has 1 aliphatic rings. The number of carbonyl (C=O) groups is 1. The van der Waals surface area contributed by atoms with Gasteiger partial charge >= 0.3 is 0 Å². The van der Waals surface area contributed by atoms with Gasteiger partial charge in [-0.1, -0.05) is 25.1 Å². The minimum Gasteiger partial charge on any atom is -0.481 e. The first kappa shape index (κ1) is 20.3. The van der Waals surface area contributed by atoms with Gasteiger partial charge in [-0.05, 0) is 42.8 Å². The highest BCUT2D eigenvalue weighted by Crippen LogP contribution is 2.20. The summed E-state index contributed by atoms with van der Waals surface area (Å²) in [6, 6.07) is 15.3. The van der Waals surface area contributed by atoms with E-state index in [1.807, 2.05) is 25.1 Å². The van der Waals surface area contributed by atoms with Gasteiger partial charge < -0.3 is 14.8 Å². The van der Waals surface area contributed by atoms with E-state index in [0.717, 1.165) is 0 Å². The average molecular weight is 404 g/mol. The normalized spacial score (nSPS) is 16.3. The molecular weight excluding hydrogens is 380 g/mol. The fourth-order valence-electron chi connectivity index (χ4n) is 2.85. The number of amides is 1. The summed E-state index contributed by atoms with van der Waals surface area (Å²) in [5.41, 5.74) is 0.515. The van der Waals surface area contributed by atoms with E-state index >= 15 is 0 Å². The van der Waals surface area contributed by atoms with Crippen molar-refractivity contribution in [2.75, 3.05) is 31.6 Å². The highest BCUT2D eigenvalue weighted by atomic mass is 32.2. The summed E-state index contributed by atoms with van der Waals surface area (Å²) >= 11 is 0. The van der Waals surface area contributed by atoms with Gasteiger partial charge in [-0.2, -0.15) is 4.31 Å². The maximum atomic E-state index is 12.6. The van der Waals surface area contributed by atoms with Crippen molar-refractivity contribution in [2.24, 2.45) is 0 Å². The molecule has 28 heavy (non-hydrogen) atoms. The summed E-state index contributed by atoms with van der Waals surface area (Å²) in [6.45, 7) is 3.34. The number of nitrogens with zero attached hydrogens (tertiary/aromatic N) is 1. The molecule has 0 aliphatic carbocycles. The van der Waals surface area contributed by atoms with Crippen LogP contribution in [0.4, 0.5) is 5.69 Å². The van der Waals surface area contributed by atoms with Crippen molar-refractivity contribution in [1.82, 2.24) is 4.31 Å². The Balaban J connectivity index is 1.65. The zero-order valence-corrected chi connectivity index (χ0v) is 16.5.